The third kappa shape index (κ3) is 5.28. The number of piperidine rings is 1. The van der Waals surface area contributed by atoms with E-state index in [4.69, 9.17) is 4.74 Å². The van der Waals surface area contributed by atoms with E-state index in [1.165, 1.54) is 6.42 Å². The maximum atomic E-state index is 12.1. The first-order chi connectivity index (χ1) is 7.79. The van der Waals surface area contributed by atoms with Crippen LogP contribution >= 0.6 is 15.9 Å². The lowest BCUT2D eigenvalue weighted by molar-refractivity contribution is 0.00904. The average Bonchev–Trinajstić information content (AvgIpc) is 2.14. The van der Waals surface area contributed by atoms with Gasteiger partial charge in [-0.15, -0.1) is 0 Å². The van der Waals surface area contributed by atoms with Gasteiger partial charge in [0.15, 0.2) is 0 Å². The van der Waals surface area contributed by atoms with E-state index < -0.39 is 5.60 Å². The molecule has 1 rings (SSSR count). The Hall–Kier alpha value is -0.250. The van der Waals surface area contributed by atoms with Crippen LogP contribution in [0.4, 0.5) is 4.79 Å². The first kappa shape index (κ1) is 14.8. The molecule has 0 aromatic rings. The van der Waals surface area contributed by atoms with E-state index in [-0.39, 0.29) is 6.09 Å². The molecule has 1 heterocycles. The summed E-state index contributed by atoms with van der Waals surface area (Å²) in [6, 6.07) is 0.327. The van der Waals surface area contributed by atoms with E-state index in [9.17, 15) is 4.79 Å². The van der Waals surface area contributed by atoms with Crippen molar-refractivity contribution in [2.75, 3.05) is 6.54 Å². The van der Waals surface area contributed by atoms with Crippen LogP contribution in [-0.2, 0) is 4.74 Å². The number of hydrogen-bond donors (Lipinski definition) is 0. The predicted molar refractivity (Wildman–Crippen MR) is 73.6 cm³/mol. The normalized spacial score (nSPS) is 23.4. The Morgan fingerprint density at radius 1 is 1.47 bits per heavy atom. The van der Waals surface area contributed by atoms with Crippen molar-refractivity contribution in [1.29, 1.82) is 0 Å². The second-order valence-corrected chi connectivity index (χ2v) is 7.40. The molecule has 0 N–H and O–H groups in total. The van der Waals surface area contributed by atoms with Gasteiger partial charge < -0.3 is 9.64 Å². The minimum atomic E-state index is -0.404. The van der Waals surface area contributed by atoms with Gasteiger partial charge in [-0.25, -0.2) is 4.79 Å². The van der Waals surface area contributed by atoms with E-state index in [0.29, 0.717) is 10.9 Å². The summed E-state index contributed by atoms with van der Waals surface area (Å²) >= 11 is 3.57. The Kier molecular flexibility index (Phi) is 5.29. The van der Waals surface area contributed by atoms with Gasteiger partial charge in [-0.1, -0.05) is 22.9 Å². The lowest BCUT2D eigenvalue weighted by Gasteiger charge is -2.37. The van der Waals surface area contributed by atoms with Crippen molar-refractivity contribution in [1.82, 2.24) is 4.90 Å². The molecule has 0 aliphatic carbocycles. The lowest BCUT2D eigenvalue weighted by atomic mass is 9.99. The maximum absolute atomic E-state index is 12.1. The SMILES string of the molecule is CC(Br)CC1CCCCN1C(=O)OC(C)(C)C. The number of likely N-dealkylation sites (tertiary alicyclic amines) is 1. The van der Waals surface area contributed by atoms with Gasteiger partial charge in [0, 0.05) is 17.4 Å². The van der Waals surface area contributed by atoms with Gasteiger partial charge in [0.25, 0.3) is 0 Å². The molecule has 0 spiro atoms. The van der Waals surface area contributed by atoms with Crippen LogP contribution < -0.4 is 0 Å². The first-order valence-electron chi connectivity index (χ1n) is 6.43. The van der Waals surface area contributed by atoms with Crippen LogP contribution in [0.3, 0.4) is 0 Å². The minimum Gasteiger partial charge on any atom is -0.444 e. The van der Waals surface area contributed by atoms with Crippen molar-refractivity contribution < 1.29 is 9.53 Å². The van der Waals surface area contributed by atoms with Gasteiger partial charge >= 0.3 is 6.09 Å². The van der Waals surface area contributed by atoms with Crippen molar-refractivity contribution in [2.24, 2.45) is 0 Å². The maximum Gasteiger partial charge on any atom is 0.410 e. The number of hydrogen-bond acceptors (Lipinski definition) is 2. The van der Waals surface area contributed by atoms with Crippen molar-refractivity contribution in [3.05, 3.63) is 0 Å². The molecule has 1 fully saturated rings. The zero-order valence-corrected chi connectivity index (χ0v) is 12.9. The zero-order valence-electron chi connectivity index (χ0n) is 11.3. The lowest BCUT2D eigenvalue weighted by Crippen LogP contribution is -2.46. The van der Waals surface area contributed by atoms with Gasteiger partial charge in [-0.2, -0.15) is 0 Å². The Balaban J connectivity index is 2.61. The molecule has 0 aromatic carbocycles. The average molecular weight is 306 g/mol. The van der Waals surface area contributed by atoms with E-state index in [2.05, 4.69) is 22.9 Å². The summed E-state index contributed by atoms with van der Waals surface area (Å²) in [6.07, 6.45) is 4.24. The Morgan fingerprint density at radius 2 is 2.12 bits per heavy atom. The highest BCUT2D eigenvalue weighted by Crippen LogP contribution is 2.25. The number of carbonyl (C=O) groups excluding carboxylic acids is 1. The third-order valence-corrected chi connectivity index (χ3v) is 3.23. The van der Waals surface area contributed by atoms with Gasteiger partial charge in [0.05, 0.1) is 0 Å². The standard InChI is InChI=1S/C13H24BrNO2/c1-10(14)9-11-7-5-6-8-15(11)12(16)17-13(2,3)4/h10-11H,5-9H2,1-4H3. The minimum absolute atomic E-state index is 0.157. The summed E-state index contributed by atoms with van der Waals surface area (Å²) < 4.78 is 5.46. The van der Waals surface area contributed by atoms with E-state index >= 15 is 0 Å². The Labute approximate surface area is 113 Å². The Bertz CT molecular complexity index is 261. The second-order valence-electron chi connectivity index (χ2n) is 5.84. The van der Waals surface area contributed by atoms with Crippen LogP contribution in [0.1, 0.15) is 53.4 Å². The molecular formula is C13H24BrNO2. The van der Waals surface area contributed by atoms with Gasteiger partial charge in [0.2, 0.25) is 0 Å². The fourth-order valence-electron chi connectivity index (χ4n) is 2.18. The molecule has 2 unspecified atom stereocenters. The van der Waals surface area contributed by atoms with Crippen LogP contribution in [0.15, 0.2) is 0 Å². The van der Waals surface area contributed by atoms with Gasteiger partial charge in [0.1, 0.15) is 5.60 Å². The van der Waals surface area contributed by atoms with Gasteiger partial charge in [-0.05, 0) is 46.5 Å². The summed E-state index contributed by atoms with van der Waals surface area (Å²) in [5.41, 5.74) is -0.404. The quantitative estimate of drug-likeness (QED) is 0.723. The molecule has 0 bridgehead atoms. The van der Waals surface area contributed by atoms with Crippen molar-refractivity contribution in [2.45, 2.75) is 69.8 Å². The summed E-state index contributed by atoms with van der Waals surface area (Å²) in [6.45, 7) is 8.70. The molecule has 1 saturated heterocycles. The fraction of sp³-hybridized carbons (Fsp3) is 0.923. The smallest absolute Gasteiger partial charge is 0.410 e. The molecule has 100 valence electrons. The van der Waals surface area contributed by atoms with Crippen LogP contribution in [0.5, 0.6) is 0 Å². The number of ether oxygens (including phenoxy) is 1. The van der Waals surface area contributed by atoms with E-state index in [0.717, 1.165) is 25.8 Å². The molecule has 2 atom stereocenters. The highest BCUT2D eigenvalue weighted by molar-refractivity contribution is 9.09. The first-order valence-corrected chi connectivity index (χ1v) is 7.35. The van der Waals surface area contributed by atoms with Crippen LogP contribution in [0, 0.1) is 0 Å². The zero-order chi connectivity index (χ0) is 13.1. The number of halogens is 1. The molecule has 3 nitrogen and oxygen atoms in total. The molecule has 1 aliphatic rings. The van der Waals surface area contributed by atoms with E-state index in [1.807, 2.05) is 25.7 Å². The molecular weight excluding hydrogens is 282 g/mol. The monoisotopic (exact) mass is 305 g/mol. The number of amides is 1. The third-order valence-electron chi connectivity index (χ3n) is 2.85. The number of nitrogens with zero attached hydrogens (tertiary/aromatic N) is 1. The summed E-state index contributed by atoms with van der Waals surface area (Å²) in [4.78, 5) is 14.4. The van der Waals surface area contributed by atoms with Gasteiger partial charge in [-0.3, -0.25) is 0 Å². The largest absolute Gasteiger partial charge is 0.444 e. The molecule has 1 amide bonds. The van der Waals surface area contributed by atoms with Crippen molar-refractivity contribution >= 4 is 22.0 Å². The second kappa shape index (κ2) is 6.07. The van der Waals surface area contributed by atoms with Crippen LogP contribution in [-0.4, -0.2) is 34.0 Å². The summed E-state index contributed by atoms with van der Waals surface area (Å²) in [5, 5.41) is 0. The number of rotatable bonds is 2. The topological polar surface area (TPSA) is 29.5 Å². The fourth-order valence-corrected chi connectivity index (χ4v) is 2.61. The van der Waals surface area contributed by atoms with E-state index in [1.54, 1.807) is 0 Å². The highest BCUT2D eigenvalue weighted by atomic mass is 79.9. The number of carbonyl (C=O) groups is 1. The van der Waals surface area contributed by atoms with Crippen LogP contribution in [0.25, 0.3) is 0 Å². The van der Waals surface area contributed by atoms with Crippen molar-refractivity contribution in [3.63, 3.8) is 0 Å². The highest BCUT2D eigenvalue weighted by Gasteiger charge is 2.30. The molecule has 0 aromatic heterocycles. The predicted octanol–water partition coefficient (Wildman–Crippen LogP) is 3.95. The van der Waals surface area contributed by atoms with Crippen molar-refractivity contribution in [3.8, 4) is 0 Å². The molecule has 0 saturated carbocycles. The number of alkyl halides is 1. The molecule has 0 radical (unpaired) electrons. The Morgan fingerprint density at radius 3 is 2.65 bits per heavy atom. The summed E-state index contributed by atoms with van der Waals surface area (Å²) in [5.74, 6) is 0. The van der Waals surface area contributed by atoms with Crippen LogP contribution in [0.2, 0.25) is 0 Å². The molecule has 17 heavy (non-hydrogen) atoms. The molecule has 4 heteroatoms. The summed E-state index contributed by atoms with van der Waals surface area (Å²) in [7, 11) is 0. The molecule has 1 aliphatic heterocycles.